The van der Waals surface area contributed by atoms with Crippen LogP contribution in [0.25, 0.3) is 0 Å². The van der Waals surface area contributed by atoms with Gasteiger partial charge in [-0.05, 0) is 12.5 Å². The van der Waals surface area contributed by atoms with E-state index in [0.717, 1.165) is 0 Å². The van der Waals surface area contributed by atoms with Gasteiger partial charge in [0.1, 0.15) is 0 Å². The van der Waals surface area contributed by atoms with Gasteiger partial charge in [0.15, 0.2) is 0 Å². The van der Waals surface area contributed by atoms with Crippen molar-refractivity contribution in [2.75, 3.05) is 6.61 Å². The third kappa shape index (κ3) is 7.54. The number of hydrogen-bond donors (Lipinski definition) is 0. The van der Waals surface area contributed by atoms with Crippen molar-refractivity contribution in [1.29, 1.82) is 0 Å². The van der Waals surface area contributed by atoms with Crippen LogP contribution in [0.3, 0.4) is 0 Å². The molecule has 0 saturated heterocycles. The molecule has 1 unspecified atom stereocenters. The summed E-state index contributed by atoms with van der Waals surface area (Å²) in [5.74, 6) is 0.258. The van der Waals surface area contributed by atoms with E-state index in [1.807, 2.05) is 6.55 Å². The molecule has 0 aromatic heterocycles. The summed E-state index contributed by atoms with van der Waals surface area (Å²) in [5, 5.41) is 0. The molecule has 0 aliphatic heterocycles. The second-order valence-electron chi connectivity index (χ2n) is 2.90. The lowest BCUT2D eigenvalue weighted by Crippen LogP contribution is -2.23. The van der Waals surface area contributed by atoms with Gasteiger partial charge in [-0.25, -0.2) is 0 Å². The summed E-state index contributed by atoms with van der Waals surface area (Å²) in [5.41, 5.74) is 0. The highest BCUT2D eigenvalue weighted by Crippen LogP contribution is 1.96. The van der Waals surface area contributed by atoms with Crippen molar-refractivity contribution >= 4 is 15.3 Å². The molecule has 0 bridgehead atoms. The summed E-state index contributed by atoms with van der Waals surface area (Å²) >= 11 is 0. The van der Waals surface area contributed by atoms with Crippen LogP contribution in [-0.4, -0.2) is 21.9 Å². The molecule has 0 aromatic carbocycles. The van der Waals surface area contributed by atoms with Gasteiger partial charge >= 0.3 is 9.28 Å². The van der Waals surface area contributed by atoms with Gasteiger partial charge in [-0.15, -0.1) is 0 Å². The second kappa shape index (κ2) is 5.32. The van der Waals surface area contributed by atoms with Crippen LogP contribution in [0.4, 0.5) is 0 Å². The fraction of sp³-hybridized carbons (Fsp3) is 0.857. The third-order valence-electron chi connectivity index (χ3n) is 0.996. The van der Waals surface area contributed by atoms with Crippen molar-refractivity contribution in [3.05, 3.63) is 0 Å². The minimum Gasteiger partial charge on any atom is -0.497 e. The first-order valence-corrected chi connectivity index (χ1v) is 5.91. The molecule has 0 rings (SSSR count). The molecule has 0 aliphatic rings. The predicted octanol–water partition coefficient (Wildman–Crippen LogP) is 1.07. The van der Waals surface area contributed by atoms with Gasteiger partial charge in [-0.2, -0.15) is 0 Å². The Morgan fingerprint density at radius 2 is 2.09 bits per heavy atom. The fourth-order valence-corrected chi connectivity index (χ4v) is 1.79. The van der Waals surface area contributed by atoms with Gasteiger partial charge in [-0.3, -0.25) is 4.79 Å². The largest absolute Gasteiger partial charge is 0.497 e. The van der Waals surface area contributed by atoms with Gasteiger partial charge in [-0.1, -0.05) is 13.8 Å². The monoisotopic (exact) mass is 176 g/mol. The van der Waals surface area contributed by atoms with Crippen molar-refractivity contribution in [2.45, 2.75) is 27.3 Å². The highest BCUT2D eigenvalue weighted by molar-refractivity contribution is 6.44. The quantitative estimate of drug-likeness (QED) is 0.601. The number of rotatable bonds is 4. The van der Waals surface area contributed by atoms with E-state index in [1.165, 1.54) is 6.92 Å². The minimum absolute atomic E-state index is 0.243. The van der Waals surface area contributed by atoms with E-state index in [1.54, 1.807) is 0 Å². The van der Waals surface area contributed by atoms with Gasteiger partial charge in [0.05, 0.1) is 0 Å². The summed E-state index contributed by atoms with van der Waals surface area (Å²) in [6.45, 7) is 8.07. The van der Waals surface area contributed by atoms with Gasteiger partial charge in [0.25, 0.3) is 5.97 Å². The summed E-state index contributed by atoms with van der Waals surface area (Å²) in [6, 6.07) is 0. The molecule has 0 N–H and O–H groups in total. The Morgan fingerprint density at radius 3 is 2.45 bits per heavy atom. The molecule has 0 fully saturated rings. The molecule has 0 heterocycles. The first-order valence-electron chi connectivity index (χ1n) is 3.81. The topological polar surface area (TPSA) is 35.5 Å². The van der Waals surface area contributed by atoms with Gasteiger partial charge < -0.3 is 8.85 Å². The maximum atomic E-state index is 10.4. The Hall–Kier alpha value is -0.353. The zero-order chi connectivity index (χ0) is 8.85. The Morgan fingerprint density at radius 1 is 1.55 bits per heavy atom. The lowest BCUT2D eigenvalue weighted by molar-refractivity contribution is -0.133. The van der Waals surface area contributed by atoms with Crippen molar-refractivity contribution in [1.82, 2.24) is 0 Å². The van der Waals surface area contributed by atoms with Crippen LogP contribution in [0.15, 0.2) is 0 Å². The van der Waals surface area contributed by atoms with Crippen LogP contribution >= 0.6 is 0 Å². The average Bonchev–Trinajstić information content (AvgIpc) is 1.82. The van der Waals surface area contributed by atoms with E-state index in [-0.39, 0.29) is 5.97 Å². The lowest BCUT2D eigenvalue weighted by atomic mass is 10.2. The van der Waals surface area contributed by atoms with Crippen LogP contribution in [0.5, 0.6) is 0 Å². The molecule has 4 heteroatoms. The van der Waals surface area contributed by atoms with E-state index >= 15 is 0 Å². The third-order valence-corrected chi connectivity index (χ3v) is 2.32. The average molecular weight is 176 g/mol. The molecule has 0 saturated carbocycles. The molecule has 1 atom stereocenters. The van der Waals surface area contributed by atoms with E-state index < -0.39 is 9.28 Å². The normalized spacial score (nSPS) is 13.2. The molecular formula is C7H16O3Si. The number of carbonyl (C=O) groups is 1. The van der Waals surface area contributed by atoms with E-state index in [0.29, 0.717) is 12.5 Å². The Kier molecular flexibility index (Phi) is 5.15. The fourth-order valence-electron chi connectivity index (χ4n) is 0.596. The summed E-state index contributed by atoms with van der Waals surface area (Å²) in [4.78, 5) is 10.4. The molecule has 66 valence electrons. The molecular weight excluding hydrogens is 160 g/mol. The molecule has 0 radical (unpaired) electrons. The summed E-state index contributed by atoms with van der Waals surface area (Å²) < 4.78 is 10.2. The highest BCUT2D eigenvalue weighted by atomic mass is 28.3. The number of carbonyl (C=O) groups excluding carboxylic acids is 1. The summed E-state index contributed by atoms with van der Waals surface area (Å²) in [6.07, 6.45) is 0. The molecule has 3 nitrogen and oxygen atoms in total. The Balaban J connectivity index is 3.37. The zero-order valence-electron chi connectivity index (χ0n) is 7.59. The van der Waals surface area contributed by atoms with Crippen LogP contribution in [-0.2, 0) is 13.6 Å². The smallest absolute Gasteiger partial charge is 0.382 e. The molecule has 0 aromatic rings. The molecule has 0 spiro atoms. The van der Waals surface area contributed by atoms with E-state index in [9.17, 15) is 4.79 Å². The Labute approximate surface area is 69.5 Å². The lowest BCUT2D eigenvalue weighted by Gasteiger charge is -2.12. The molecule has 0 aliphatic carbocycles. The number of hydrogen-bond acceptors (Lipinski definition) is 3. The van der Waals surface area contributed by atoms with Crippen LogP contribution in [0, 0.1) is 5.92 Å². The molecule has 0 amide bonds. The van der Waals surface area contributed by atoms with Crippen LogP contribution in [0.1, 0.15) is 20.8 Å². The minimum atomic E-state index is -1.67. The van der Waals surface area contributed by atoms with Crippen molar-refractivity contribution < 1.29 is 13.6 Å². The van der Waals surface area contributed by atoms with Crippen molar-refractivity contribution in [2.24, 2.45) is 5.92 Å². The van der Waals surface area contributed by atoms with Crippen LogP contribution < -0.4 is 0 Å². The first-order chi connectivity index (χ1) is 5.02. The Bertz CT molecular complexity index is 125. The second-order valence-corrected chi connectivity index (χ2v) is 4.61. The van der Waals surface area contributed by atoms with E-state index in [4.69, 9.17) is 8.85 Å². The van der Waals surface area contributed by atoms with Crippen molar-refractivity contribution in [3.8, 4) is 0 Å². The first kappa shape index (κ1) is 10.6. The SMILES string of the molecule is CC(=O)O[SiH](C)OCC(C)C. The molecule has 11 heavy (non-hydrogen) atoms. The standard InChI is InChI=1S/C7H16O3Si/c1-6(2)5-9-11(4)10-7(3)8/h6,11H,5H2,1-4H3. The van der Waals surface area contributed by atoms with Gasteiger partial charge in [0, 0.05) is 13.5 Å². The van der Waals surface area contributed by atoms with Gasteiger partial charge in [0.2, 0.25) is 0 Å². The maximum absolute atomic E-state index is 10.4. The predicted molar refractivity (Wildman–Crippen MR) is 45.6 cm³/mol. The zero-order valence-corrected chi connectivity index (χ0v) is 8.74. The van der Waals surface area contributed by atoms with Crippen molar-refractivity contribution in [3.63, 3.8) is 0 Å². The summed E-state index contributed by atoms with van der Waals surface area (Å²) in [7, 11) is -1.67. The van der Waals surface area contributed by atoms with Crippen LogP contribution in [0.2, 0.25) is 6.55 Å². The highest BCUT2D eigenvalue weighted by Gasteiger charge is 2.09. The van der Waals surface area contributed by atoms with E-state index in [2.05, 4.69) is 13.8 Å². The maximum Gasteiger partial charge on any atom is 0.382 e.